The fourth-order valence-electron chi connectivity index (χ4n) is 4.40. The summed E-state index contributed by atoms with van der Waals surface area (Å²) in [6, 6.07) is 0.0504. The van der Waals surface area contributed by atoms with Gasteiger partial charge in [0.05, 0.1) is 31.0 Å². The predicted molar refractivity (Wildman–Crippen MR) is 121 cm³/mol. The van der Waals surface area contributed by atoms with E-state index >= 15 is 0 Å². The molecule has 1 amide bonds. The largest absolute Gasteiger partial charge is 0.387 e. The lowest BCUT2D eigenvalue weighted by atomic mass is 9.89. The molecular weight excluding hydrogens is 394 g/mol. The van der Waals surface area contributed by atoms with E-state index in [1.807, 2.05) is 45.9 Å². The summed E-state index contributed by atoms with van der Waals surface area (Å²) in [5, 5.41) is 13.6. The Balaban J connectivity index is 1.44. The lowest BCUT2D eigenvalue weighted by molar-refractivity contribution is -0.126. The van der Waals surface area contributed by atoms with Crippen molar-refractivity contribution in [1.82, 2.24) is 5.32 Å². The zero-order valence-corrected chi connectivity index (χ0v) is 19.5. The number of hydrogen-bond donors (Lipinski definition) is 2. The summed E-state index contributed by atoms with van der Waals surface area (Å²) in [6.07, 6.45) is 12.3. The van der Waals surface area contributed by atoms with Crippen molar-refractivity contribution in [3.8, 4) is 0 Å². The number of amides is 1. The van der Waals surface area contributed by atoms with Crippen LogP contribution in [0.2, 0.25) is 0 Å². The number of carbonyl (C=O) groups excluding carboxylic acids is 1. The summed E-state index contributed by atoms with van der Waals surface area (Å²) in [7, 11) is 0. The van der Waals surface area contributed by atoms with Crippen LogP contribution in [0.5, 0.6) is 0 Å². The third-order valence-corrected chi connectivity index (χ3v) is 6.37. The summed E-state index contributed by atoms with van der Waals surface area (Å²) < 4.78 is 17.6. The van der Waals surface area contributed by atoms with Gasteiger partial charge in [-0.15, -0.1) is 0 Å². The van der Waals surface area contributed by atoms with Gasteiger partial charge in [0.15, 0.2) is 0 Å². The van der Waals surface area contributed by atoms with E-state index in [2.05, 4.69) is 18.3 Å². The Morgan fingerprint density at radius 3 is 2.61 bits per heavy atom. The summed E-state index contributed by atoms with van der Waals surface area (Å²) >= 11 is 0. The number of carbonyl (C=O) groups is 1. The minimum atomic E-state index is -0.613. The molecule has 0 unspecified atom stereocenters. The molecule has 31 heavy (non-hydrogen) atoms. The van der Waals surface area contributed by atoms with Crippen LogP contribution in [-0.2, 0) is 19.0 Å². The van der Waals surface area contributed by atoms with Crippen molar-refractivity contribution in [2.45, 2.75) is 102 Å². The molecule has 6 nitrogen and oxygen atoms in total. The smallest absolute Gasteiger partial charge is 0.243 e. The third-order valence-electron chi connectivity index (χ3n) is 6.37. The Bertz CT molecular complexity index is 709. The Morgan fingerprint density at radius 1 is 1.23 bits per heavy atom. The first-order valence-electron chi connectivity index (χ1n) is 11.6. The van der Waals surface area contributed by atoms with Gasteiger partial charge in [-0.05, 0) is 52.0 Å². The normalized spacial score (nSPS) is 39.0. The lowest BCUT2D eigenvalue weighted by Gasteiger charge is -2.35. The van der Waals surface area contributed by atoms with E-state index in [0.717, 1.165) is 31.3 Å². The van der Waals surface area contributed by atoms with E-state index < -0.39 is 11.7 Å². The highest BCUT2D eigenvalue weighted by Gasteiger charge is 2.57. The van der Waals surface area contributed by atoms with Gasteiger partial charge in [0, 0.05) is 6.42 Å². The quantitative estimate of drug-likeness (QED) is 0.365. The maximum Gasteiger partial charge on any atom is 0.243 e. The van der Waals surface area contributed by atoms with Crippen molar-refractivity contribution in [3.63, 3.8) is 0 Å². The van der Waals surface area contributed by atoms with Crippen molar-refractivity contribution >= 4 is 5.91 Å². The summed E-state index contributed by atoms with van der Waals surface area (Å²) in [6.45, 7) is 10.8. The molecule has 0 saturated carbocycles. The van der Waals surface area contributed by atoms with Gasteiger partial charge in [-0.1, -0.05) is 43.7 Å². The molecule has 1 spiro atoms. The van der Waals surface area contributed by atoms with E-state index in [-0.39, 0.29) is 36.4 Å². The van der Waals surface area contributed by atoms with Crippen LogP contribution in [-0.4, -0.2) is 59.8 Å². The molecule has 7 atom stereocenters. The van der Waals surface area contributed by atoms with Gasteiger partial charge in [0.25, 0.3) is 0 Å². The highest BCUT2D eigenvalue weighted by atomic mass is 16.6. The van der Waals surface area contributed by atoms with Crippen molar-refractivity contribution in [3.05, 3.63) is 36.0 Å². The summed E-state index contributed by atoms with van der Waals surface area (Å²) in [5.74, 6) is 0.312. The second kappa shape index (κ2) is 10.4. The van der Waals surface area contributed by atoms with Crippen LogP contribution in [0.25, 0.3) is 0 Å². The van der Waals surface area contributed by atoms with Crippen LogP contribution in [0.3, 0.4) is 0 Å². The molecule has 0 aromatic carbocycles. The zero-order chi connectivity index (χ0) is 22.6. The van der Waals surface area contributed by atoms with Crippen molar-refractivity contribution in [2.75, 3.05) is 6.61 Å². The van der Waals surface area contributed by atoms with E-state index in [1.165, 1.54) is 0 Å². The monoisotopic (exact) mass is 433 g/mol. The first-order valence-corrected chi connectivity index (χ1v) is 11.6. The molecule has 6 heteroatoms. The second-order valence-corrected chi connectivity index (χ2v) is 9.72. The predicted octanol–water partition coefficient (Wildman–Crippen LogP) is 3.45. The molecule has 2 N–H and O–H groups in total. The van der Waals surface area contributed by atoms with Gasteiger partial charge in [0.1, 0.15) is 17.8 Å². The average molecular weight is 434 g/mol. The SMILES string of the molecule is CC(/C=C/[C@H]1O[C@@H](C)C[C@@]2(CO2)[C@@H]1O)=C\C[C@H]1CC[C@@H](NC(=O)/C=C\C(C)C)[C@@H](C)O1. The molecule has 0 aromatic heterocycles. The van der Waals surface area contributed by atoms with Crippen LogP contribution < -0.4 is 5.32 Å². The van der Waals surface area contributed by atoms with Crippen molar-refractivity contribution in [1.29, 1.82) is 0 Å². The molecule has 3 aliphatic heterocycles. The number of ether oxygens (including phenoxy) is 3. The van der Waals surface area contributed by atoms with Crippen LogP contribution in [0.4, 0.5) is 0 Å². The van der Waals surface area contributed by atoms with Crippen LogP contribution in [0, 0.1) is 5.92 Å². The molecule has 0 aliphatic carbocycles. The van der Waals surface area contributed by atoms with E-state index in [9.17, 15) is 9.90 Å². The maximum atomic E-state index is 12.0. The number of nitrogens with one attached hydrogen (secondary N) is 1. The van der Waals surface area contributed by atoms with Crippen LogP contribution in [0.15, 0.2) is 36.0 Å². The van der Waals surface area contributed by atoms with Gasteiger partial charge < -0.3 is 24.6 Å². The van der Waals surface area contributed by atoms with Crippen molar-refractivity contribution < 1.29 is 24.1 Å². The van der Waals surface area contributed by atoms with Crippen LogP contribution >= 0.6 is 0 Å². The van der Waals surface area contributed by atoms with Gasteiger partial charge in [0.2, 0.25) is 5.91 Å². The Kier molecular flexibility index (Phi) is 8.14. The molecule has 0 radical (unpaired) electrons. The number of aliphatic hydroxyl groups excluding tert-OH is 1. The molecule has 3 saturated heterocycles. The average Bonchev–Trinajstić information content (AvgIpc) is 3.48. The fraction of sp³-hybridized carbons (Fsp3) is 0.720. The number of aliphatic hydroxyl groups is 1. The Hall–Kier alpha value is -1.47. The highest BCUT2D eigenvalue weighted by Crippen LogP contribution is 2.42. The van der Waals surface area contributed by atoms with Gasteiger partial charge in [-0.3, -0.25) is 4.79 Å². The molecule has 3 aliphatic rings. The highest BCUT2D eigenvalue weighted by molar-refractivity contribution is 5.87. The summed E-state index contributed by atoms with van der Waals surface area (Å²) in [5.41, 5.74) is 0.720. The molecule has 3 heterocycles. The molecular formula is C25H39NO5. The molecule has 174 valence electrons. The Labute approximate surface area is 186 Å². The van der Waals surface area contributed by atoms with E-state index in [1.54, 1.807) is 6.08 Å². The van der Waals surface area contributed by atoms with E-state index in [4.69, 9.17) is 14.2 Å². The standard InChI is InChI=1S/C25H39NO5/c1-16(2)6-13-23(27)26-21-11-10-20(31-19(21)5)9-7-17(3)8-12-22-24(28)25(15-29-25)14-18(4)30-22/h6-8,12-13,16,18-22,24,28H,9-11,14-15H2,1-5H3,(H,26,27)/b12-8+,13-6-,17-7+/t18-,19+,20-,21+,22+,24+,25+/m0/s1. The van der Waals surface area contributed by atoms with Gasteiger partial charge >= 0.3 is 0 Å². The van der Waals surface area contributed by atoms with Crippen molar-refractivity contribution in [2.24, 2.45) is 5.92 Å². The minimum absolute atomic E-state index is 0.0126. The van der Waals surface area contributed by atoms with Crippen LogP contribution in [0.1, 0.15) is 60.3 Å². The molecule has 3 fully saturated rings. The van der Waals surface area contributed by atoms with Gasteiger partial charge in [-0.25, -0.2) is 0 Å². The first kappa shape index (κ1) is 24.2. The van der Waals surface area contributed by atoms with Gasteiger partial charge in [-0.2, -0.15) is 0 Å². The zero-order valence-electron chi connectivity index (χ0n) is 19.5. The lowest BCUT2D eigenvalue weighted by Crippen LogP contribution is -2.49. The number of hydrogen-bond acceptors (Lipinski definition) is 5. The fourth-order valence-corrected chi connectivity index (χ4v) is 4.40. The Morgan fingerprint density at radius 2 is 1.97 bits per heavy atom. The number of rotatable bonds is 7. The topological polar surface area (TPSA) is 80.3 Å². The summed E-state index contributed by atoms with van der Waals surface area (Å²) in [4.78, 5) is 12.0. The second-order valence-electron chi connectivity index (χ2n) is 9.72. The maximum absolute atomic E-state index is 12.0. The first-order chi connectivity index (χ1) is 14.7. The number of allylic oxidation sites excluding steroid dienone is 3. The number of epoxide rings is 1. The van der Waals surface area contributed by atoms with E-state index in [0.29, 0.717) is 12.5 Å². The minimum Gasteiger partial charge on any atom is -0.387 e. The molecule has 3 rings (SSSR count). The third kappa shape index (κ3) is 6.75. The molecule has 0 aromatic rings. The molecule has 0 bridgehead atoms.